The molecule has 0 atom stereocenters. The van der Waals surface area contributed by atoms with Crippen molar-refractivity contribution in [2.45, 2.75) is 6.92 Å². The molecule has 11 heavy (non-hydrogen) atoms. The van der Waals surface area contributed by atoms with Gasteiger partial charge in [0.2, 0.25) is 0 Å². The quantitative estimate of drug-likeness (QED) is 0.610. The highest BCUT2D eigenvalue weighted by molar-refractivity contribution is 5.61. The molecule has 0 unspecified atom stereocenters. The fraction of sp³-hybridized carbons (Fsp3) is 0.429. The zero-order valence-corrected chi connectivity index (χ0v) is 6.43. The van der Waals surface area contributed by atoms with Crippen LogP contribution >= 0.6 is 0 Å². The van der Waals surface area contributed by atoms with Crippen LogP contribution < -0.4 is 20.9 Å². The lowest BCUT2D eigenvalue weighted by molar-refractivity contribution is 0.407. The predicted octanol–water partition coefficient (Wildman–Crippen LogP) is -0.277. The van der Waals surface area contributed by atoms with Crippen LogP contribution in [0.15, 0.2) is 9.59 Å². The van der Waals surface area contributed by atoms with Crippen molar-refractivity contribution in [2.75, 3.05) is 19.0 Å². The molecular weight excluding hydrogens is 146 g/mol. The van der Waals surface area contributed by atoms with Gasteiger partial charge in [0.1, 0.15) is 5.69 Å². The lowest BCUT2D eigenvalue weighted by atomic mass is 10.2. The van der Waals surface area contributed by atoms with E-state index in [1.807, 2.05) is 6.92 Å². The Kier molecular flexibility index (Phi) is 1.94. The van der Waals surface area contributed by atoms with E-state index >= 15 is 0 Å². The number of hydrogen-bond acceptors (Lipinski definition) is 4. The van der Waals surface area contributed by atoms with E-state index in [0.29, 0.717) is 12.2 Å². The first-order chi connectivity index (χ1) is 5.22. The summed E-state index contributed by atoms with van der Waals surface area (Å²) in [5.41, 5.74) is -0.716. The maximum Gasteiger partial charge on any atom is 0.271 e. The molecule has 1 aromatic rings. The van der Waals surface area contributed by atoms with Gasteiger partial charge in [-0.2, -0.15) is 0 Å². The van der Waals surface area contributed by atoms with Crippen molar-refractivity contribution in [3.63, 3.8) is 0 Å². The first kappa shape index (κ1) is 7.78. The molecule has 0 aliphatic rings. The topological polar surface area (TPSA) is 55.4 Å². The molecule has 60 valence electrons. The van der Waals surface area contributed by atoms with Gasteiger partial charge in [-0.3, -0.25) is 9.59 Å². The minimum atomic E-state index is -0.538. The molecule has 1 rings (SSSR count). The van der Waals surface area contributed by atoms with E-state index < -0.39 is 10.9 Å². The standard InChI is InChI=1S/C7H9NO3/c1-3-8-4-5(9)6(10)7(4)11-2/h8H,3H2,1-2H3. The average Bonchev–Trinajstić information content (AvgIpc) is 2.04. The molecule has 0 amide bonds. The van der Waals surface area contributed by atoms with Gasteiger partial charge >= 0.3 is 0 Å². The number of anilines is 1. The van der Waals surface area contributed by atoms with Gasteiger partial charge in [0.15, 0.2) is 5.75 Å². The Balaban J connectivity index is 2.98. The normalized spacial score (nSPS) is 10.0. The summed E-state index contributed by atoms with van der Waals surface area (Å²) in [5, 5.41) is 2.75. The highest BCUT2D eigenvalue weighted by Crippen LogP contribution is 2.15. The van der Waals surface area contributed by atoms with E-state index in [-0.39, 0.29) is 5.75 Å². The van der Waals surface area contributed by atoms with Gasteiger partial charge in [0.25, 0.3) is 10.9 Å². The van der Waals surface area contributed by atoms with Crippen LogP contribution in [0.4, 0.5) is 5.69 Å². The Bertz CT molecular complexity index is 322. The highest BCUT2D eigenvalue weighted by Gasteiger charge is 2.20. The molecule has 0 aromatic heterocycles. The lowest BCUT2D eigenvalue weighted by Gasteiger charge is -2.08. The molecule has 0 spiro atoms. The molecule has 0 heterocycles. The molecule has 0 saturated carbocycles. The number of methoxy groups -OCH3 is 1. The molecule has 0 radical (unpaired) electrons. The Morgan fingerprint density at radius 2 is 2.00 bits per heavy atom. The molecule has 4 nitrogen and oxygen atoms in total. The van der Waals surface area contributed by atoms with Crippen LogP contribution in [0.5, 0.6) is 5.75 Å². The van der Waals surface area contributed by atoms with E-state index in [4.69, 9.17) is 0 Å². The molecule has 0 fully saturated rings. The summed E-state index contributed by atoms with van der Waals surface area (Å²) in [6.07, 6.45) is 0. The van der Waals surface area contributed by atoms with Crippen molar-refractivity contribution < 1.29 is 4.74 Å². The van der Waals surface area contributed by atoms with Gasteiger partial charge in [-0.05, 0) is 6.92 Å². The van der Waals surface area contributed by atoms with Gasteiger partial charge in [-0.1, -0.05) is 0 Å². The SMILES string of the molecule is CCNc1c(OC)c(=O)c1=O. The smallest absolute Gasteiger partial charge is 0.271 e. The van der Waals surface area contributed by atoms with E-state index in [9.17, 15) is 9.59 Å². The van der Waals surface area contributed by atoms with Crippen LogP contribution in [0.3, 0.4) is 0 Å². The molecule has 1 aromatic carbocycles. The van der Waals surface area contributed by atoms with Gasteiger partial charge < -0.3 is 10.1 Å². The number of hydrogen-bond donors (Lipinski definition) is 1. The van der Waals surface area contributed by atoms with Crippen molar-refractivity contribution in [3.8, 4) is 5.75 Å². The summed E-state index contributed by atoms with van der Waals surface area (Å²) in [6, 6.07) is 0. The van der Waals surface area contributed by atoms with Crippen molar-refractivity contribution in [2.24, 2.45) is 0 Å². The van der Waals surface area contributed by atoms with Gasteiger partial charge in [-0.25, -0.2) is 0 Å². The Labute approximate surface area is 63.5 Å². The minimum Gasteiger partial charge on any atom is -0.491 e. The third-order valence-corrected chi connectivity index (χ3v) is 1.42. The van der Waals surface area contributed by atoms with Crippen LogP contribution in [0, 0.1) is 0 Å². The number of rotatable bonds is 3. The molecule has 1 N–H and O–H groups in total. The third kappa shape index (κ3) is 1.00. The monoisotopic (exact) mass is 155 g/mol. The molecule has 0 aliphatic heterocycles. The maximum absolute atomic E-state index is 10.8. The van der Waals surface area contributed by atoms with Crippen LogP contribution in [-0.4, -0.2) is 13.7 Å². The summed E-state index contributed by atoms with van der Waals surface area (Å²) in [4.78, 5) is 21.5. The summed E-state index contributed by atoms with van der Waals surface area (Å²) in [5.74, 6) is 0.150. The first-order valence-electron chi connectivity index (χ1n) is 3.33. The van der Waals surface area contributed by atoms with E-state index in [2.05, 4.69) is 10.1 Å². The van der Waals surface area contributed by atoms with Crippen LogP contribution in [-0.2, 0) is 0 Å². The predicted molar refractivity (Wildman–Crippen MR) is 42.1 cm³/mol. The number of ether oxygens (including phenoxy) is 1. The number of nitrogens with one attached hydrogen (secondary N) is 1. The van der Waals surface area contributed by atoms with Gasteiger partial charge in [0.05, 0.1) is 7.11 Å². The van der Waals surface area contributed by atoms with Crippen LogP contribution in [0.1, 0.15) is 6.92 Å². The van der Waals surface area contributed by atoms with Crippen molar-refractivity contribution in [1.82, 2.24) is 0 Å². The fourth-order valence-electron chi connectivity index (χ4n) is 0.903. The van der Waals surface area contributed by atoms with Crippen molar-refractivity contribution in [1.29, 1.82) is 0 Å². The zero-order valence-electron chi connectivity index (χ0n) is 6.43. The highest BCUT2D eigenvalue weighted by atomic mass is 16.5. The molecule has 0 saturated heterocycles. The largest absolute Gasteiger partial charge is 0.491 e. The molecule has 0 aliphatic carbocycles. The lowest BCUT2D eigenvalue weighted by Crippen LogP contribution is -2.35. The second kappa shape index (κ2) is 2.74. The summed E-state index contributed by atoms with van der Waals surface area (Å²) in [6.45, 7) is 2.46. The van der Waals surface area contributed by atoms with E-state index in [0.717, 1.165) is 0 Å². The van der Waals surface area contributed by atoms with Gasteiger partial charge in [0, 0.05) is 6.54 Å². The second-order valence-corrected chi connectivity index (χ2v) is 2.10. The summed E-state index contributed by atoms with van der Waals surface area (Å²) < 4.78 is 4.68. The maximum atomic E-state index is 10.8. The van der Waals surface area contributed by atoms with Gasteiger partial charge in [-0.15, -0.1) is 0 Å². The Morgan fingerprint density at radius 3 is 2.45 bits per heavy atom. The second-order valence-electron chi connectivity index (χ2n) is 2.10. The molecule has 4 heteroatoms. The Hall–Kier alpha value is -1.32. The Morgan fingerprint density at radius 1 is 1.36 bits per heavy atom. The van der Waals surface area contributed by atoms with Crippen LogP contribution in [0.2, 0.25) is 0 Å². The molecule has 0 bridgehead atoms. The van der Waals surface area contributed by atoms with Crippen LogP contribution in [0.25, 0.3) is 0 Å². The van der Waals surface area contributed by atoms with E-state index in [1.54, 1.807) is 0 Å². The van der Waals surface area contributed by atoms with Crippen molar-refractivity contribution >= 4 is 5.69 Å². The molecular formula is C7H9NO3. The van der Waals surface area contributed by atoms with E-state index in [1.165, 1.54) is 7.11 Å². The summed E-state index contributed by atoms with van der Waals surface area (Å²) >= 11 is 0. The third-order valence-electron chi connectivity index (χ3n) is 1.42. The minimum absolute atomic E-state index is 0.150. The fourth-order valence-corrected chi connectivity index (χ4v) is 0.903. The first-order valence-corrected chi connectivity index (χ1v) is 3.33. The average molecular weight is 155 g/mol. The summed E-state index contributed by atoms with van der Waals surface area (Å²) in [7, 11) is 1.37. The van der Waals surface area contributed by atoms with Crippen molar-refractivity contribution in [3.05, 3.63) is 20.4 Å². The zero-order chi connectivity index (χ0) is 8.43.